The van der Waals surface area contributed by atoms with E-state index in [2.05, 4.69) is 0 Å². The molecule has 0 saturated carbocycles. The third-order valence-electron chi connectivity index (χ3n) is 2.07. The smallest absolute Gasteiger partial charge is 0.276 e. The molecule has 0 aliphatic heterocycles. The minimum Gasteiger partial charge on any atom is -0.396 e. The molecule has 15 heavy (non-hydrogen) atoms. The van der Waals surface area contributed by atoms with Crippen molar-refractivity contribution in [2.24, 2.45) is 0 Å². The fourth-order valence-corrected chi connectivity index (χ4v) is 1.56. The molecule has 0 aliphatic carbocycles. The third kappa shape index (κ3) is 2.63. The van der Waals surface area contributed by atoms with Gasteiger partial charge in [0.05, 0.1) is 5.02 Å². The second-order valence-corrected chi connectivity index (χ2v) is 3.67. The lowest BCUT2D eigenvalue weighted by Gasteiger charge is -2.17. The van der Waals surface area contributed by atoms with E-state index in [0.29, 0.717) is 6.07 Å². The maximum atomic E-state index is 13.3. The fourth-order valence-electron chi connectivity index (χ4n) is 1.20. The molecular formula is C10H10ClF3O. The molecule has 0 spiro atoms. The molecule has 5 heteroatoms. The average Bonchev–Trinajstić information content (AvgIpc) is 2.11. The normalized spacial score (nSPS) is 11.9. The van der Waals surface area contributed by atoms with E-state index in [9.17, 15) is 13.2 Å². The zero-order valence-corrected chi connectivity index (χ0v) is 8.78. The van der Waals surface area contributed by atoms with Crippen LogP contribution in [0.3, 0.4) is 0 Å². The Kier molecular flexibility index (Phi) is 3.62. The number of aliphatic hydroxyl groups excluding tert-OH is 1. The van der Waals surface area contributed by atoms with Gasteiger partial charge < -0.3 is 5.11 Å². The summed E-state index contributed by atoms with van der Waals surface area (Å²) in [6.45, 7) is 0.758. The van der Waals surface area contributed by atoms with Gasteiger partial charge in [-0.1, -0.05) is 11.6 Å². The molecule has 1 nitrogen and oxygen atoms in total. The highest BCUT2D eigenvalue weighted by Gasteiger charge is 2.33. The van der Waals surface area contributed by atoms with Gasteiger partial charge in [0, 0.05) is 18.6 Å². The summed E-state index contributed by atoms with van der Waals surface area (Å²) in [5.41, 5.74) is -0.370. The standard InChI is InChI=1S/C10H10ClF3O/c1-6-4-8(11)7(5-9(6)12)10(13,14)2-3-15/h4-5,15H,2-3H2,1H3. The van der Waals surface area contributed by atoms with Gasteiger partial charge in [-0.25, -0.2) is 13.2 Å². The monoisotopic (exact) mass is 238 g/mol. The quantitative estimate of drug-likeness (QED) is 0.857. The molecule has 0 saturated heterocycles. The van der Waals surface area contributed by atoms with Crippen molar-refractivity contribution in [3.8, 4) is 0 Å². The Bertz CT molecular complexity index is 366. The van der Waals surface area contributed by atoms with Crippen molar-refractivity contribution >= 4 is 11.6 Å². The van der Waals surface area contributed by atoms with Crippen LogP contribution in [0.2, 0.25) is 5.02 Å². The van der Waals surface area contributed by atoms with E-state index >= 15 is 0 Å². The molecule has 1 aromatic carbocycles. The highest BCUT2D eigenvalue weighted by Crippen LogP contribution is 2.37. The number of hydrogen-bond acceptors (Lipinski definition) is 1. The van der Waals surface area contributed by atoms with Gasteiger partial charge in [0.25, 0.3) is 5.92 Å². The van der Waals surface area contributed by atoms with Crippen molar-refractivity contribution in [3.05, 3.63) is 34.1 Å². The van der Waals surface area contributed by atoms with Gasteiger partial charge >= 0.3 is 0 Å². The minimum atomic E-state index is -3.31. The first kappa shape index (κ1) is 12.3. The minimum absolute atomic E-state index is 0.188. The summed E-state index contributed by atoms with van der Waals surface area (Å²) in [5.74, 6) is -4.03. The Morgan fingerprint density at radius 3 is 2.53 bits per heavy atom. The van der Waals surface area contributed by atoms with Crippen LogP contribution in [0.15, 0.2) is 12.1 Å². The van der Waals surface area contributed by atoms with E-state index in [4.69, 9.17) is 16.7 Å². The molecule has 1 aromatic rings. The Morgan fingerprint density at radius 1 is 1.40 bits per heavy atom. The number of alkyl halides is 2. The molecule has 0 atom stereocenters. The van der Waals surface area contributed by atoms with E-state index in [-0.39, 0.29) is 10.6 Å². The first-order chi connectivity index (χ1) is 6.88. The Morgan fingerprint density at radius 2 is 2.00 bits per heavy atom. The van der Waals surface area contributed by atoms with Crippen LogP contribution in [0.4, 0.5) is 13.2 Å². The summed E-state index contributed by atoms with van der Waals surface area (Å²) in [5, 5.41) is 8.27. The summed E-state index contributed by atoms with van der Waals surface area (Å²) in [7, 11) is 0. The molecule has 0 heterocycles. The van der Waals surface area contributed by atoms with E-state index in [1.165, 1.54) is 6.92 Å². The van der Waals surface area contributed by atoms with Crippen molar-refractivity contribution in [2.45, 2.75) is 19.3 Å². The van der Waals surface area contributed by atoms with Gasteiger partial charge in [0.15, 0.2) is 0 Å². The molecule has 0 bridgehead atoms. The van der Waals surface area contributed by atoms with Crippen LogP contribution in [0.1, 0.15) is 17.5 Å². The fraction of sp³-hybridized carbons (Fsp3) is 0.400. The molecule has 0 unspecified atom stereocenters. The van der Waals surface area contributed by atoms with Crippen molar-refractivity contribution in [1.29, 1.82) is 0 Å². The first-order valence-corrected chi connectivity index (χ1v) is 4.71. The van der Waals surface area contributed by atoms with Crippen molar-refractivity contribution in [1.82, 2.24) is 0 Å². The molecular weight excluding hydrogens is 229 g/mol. The number of halogens is 4. The van der Waals surface area contributed by atoms with E-state index in [1.807, 2.05) is 0 Å². The van der Waals surface area contributed by atoms with Crippen molar-refractivity contribution in [2.75, 3.05) is 6.61 Å². The van der Waals surface area contributed by atoms with Crippen LogP contribution in [-0.4, -0.2) is 11.7 Å². The zero-order valence-electron chi connectivity index (χ0n) is 8.03. The first-order valence-electron chi connectivity index (χ1n) is 4.33. The summed E-state index contributed by atoms with van der Waals surface area (Å²) < 4.78 is 39.7. The van der Waals surface area contributed by atoms with Gasteiger partial charge in [-0.15, -0.1) is 0 Å². The zero-order chi connectivity index (χ0) is 11.6. The highest BCUT2D eigenvalue weighted by molar-refractivity contribution is 6.31. The van der Waals surface area contributed by atoms with Crippen LogP contribution in [0.25, 0.3) is 0 Å². The topological polar surface area (TPSA) is 20.2 Å². The summed E-state index contributed by atoms with van der Waals surface area (Å²) in [6, 6.07) is 1.87. The number of aliphatic hydroxyl groups is 1. The highest BCUT2D eigenvalue weighted by atomic mass is 35.5. The summed E-state index contributed by atoms with van der Waals surface area (Å²) in [6.07, 6.45) is -0.769. The molecule has 0 aliphatic rings. The molecule has 0 fully saturated rings. The second kappa shape index (κ2) is 4.41. The van der Waals surface area contributed by atoms with Crippen LogP contribution in [0, 0.1) is 12.7 Å². The third-order valence-corrected chi connectivity index (χ3v) is 2.38. The number of aryl methyl sites for hydroxylation is 1. The lowest BCUT2D eigenvalue weighted by molar-refractivity contribution is -0.0271. The predicted molar refractivity (Wildman–Crippen MR) is 51.7 cm³/mol. The van der Waals surface area contributed by atoms with E-state index in [0.717, 1.165) is 6.07 Å². The Hall–Kier alpha value is -0.740. The van der Waals surface area contributed by atoms with Crippen LogP contribution in [0.5, 0.6) is 0 Å². The largest absolute Gasteiger partial charge is 0.396 e. The molecule has 84 valence electrons. The number of rotatable bonds is 3. The Labute approximate surface area is 90.5 Å². The molecule has 0 amide bonds. The molecule has 0 radical (unpaired) electrons. The summed E-state index contributed by atoms with van der Waals surface area (Å²) in [4.78, 5) is 0. The molecule has 1 rings (SSSR count). The SMILES string of the molecule is Cc1cc(Cl)c(C(F)(F)CCO)cc1F. The second-order valence-electron chi connectivity index (χ2n) is 3.26. The molecule has 1 N–H and O–H groups in total. The van der Waals surface area contributed by atoms with Gasteiger partial charge in [-0.3, -0.25) is 0 Å². The van der Waals surface area contributed by atoms with Gasteiger partial charge in [-0.2, -0.15) is 0 Å². The maximum Gasteiger partial charge on any atom is 0.276 e. The van der Waals surface area contributed by atoms with Gasteiger partial charge in [-0.05, 0) is 24.6 Å². The lowest BCUT2D eigenvalue weighted by atomic mass is 10.0. The van der Waals surface area contributed by atoms with Crippen molar-refractivity contribution < 1.29 is 18.3 Å². The van der Waals surface area contributed by atoms with E-state index < -0.39 is 30.3 Å². The Balaban J connectivity index is 3.19. The predicted octanol–water partition coefficient (Wildman–Crippen LogP) is 3.26. The van der Waals surface area contributed by atoms with Crippen LogP contribution in [-0.2, 0) is 5.92 Å². The van der Waals surface area contributed by atoms with Crippen LogP contribution < -0.4 is 0 Å². The van der Waals surface area contributed by atoms with Crippen LogP contribution >= 0.6 is 11.6 Å². The number of benzene rings is 1. The van der Waals surface area contributed by atoms with Crippen molar-refractivity contribution in [3.63, 3.8) is 0 Å². The lowest BCUT2D eigenvalue weighted by Crippen LogP contribution is -2.16. The average molecular weight is 239 g/mol. The maximum absolute atomic E-state index is 13.3. The van der Waals surface area contributed by atoms with Gasteiger partial charge in [0.1, 0.15) is 5.82 Å². The molecule has 0 aromatic heterocycles. The summed E-state index contributed by atoms with van der Waals surface area (Å²) >= 11 is 5.59. The van der Waals surface area contributed by atoms with Gasteiger partial charge in [0.2, 0.25) is 0 Å². The van der Waals surface area contributed by atoms with E-state index in [1.54, 1.807) is 0 Å². The number of hydrogen-bond donors (Lipinski definition) is 1.